The summed E-state index contributed by atoms with van der Waals surface area (Å²) in [5.41, 5.74) is 0. The molecule has 1 radical (unpaired) electrons. The Morgan fingerprint density at radius 3 is 1.07 bits per heavy atom. The van der Waals surface area contributed by atoms with Crippen LogP contribution in [0, 0.1) is 0 Å². The molecule has 0 aliphatic rings. The van der Waals surface area contributed by atoms with E-state index in [4.69, 9.17) is 10.2 Å². The molecule has 0 aromatic heterocycles. The summed E-state index contributed by atoms with van der Waals surface area (Å²) in [6.07, 6.45) is 0. The fourth-order valence-corrected chi connectivity index (χ4v) is 0.387. The van der Waals surface area contributed by atoms with Gasteiger partial charge in [-0.05, 0) is 0 Å². The second kappa shape index (κ2) is 9.41. The third kappa shape index (κ3) is 31.4. The Morgan fingerprint density at radius 1 is 0.867 bits per heavy atom. The van der Waals surface area contributed by atoms with Crippen molar-refractivity contribution < 1.29 is 61.6 Å². The molecule has 0 amide bonds. The molecule has 0 fully saturated rings. The van der Waals surface area contributed by atoms with E-state index in [9.17, 15) is 25.9 Å². The molecule has 0 saturated heterocycles. The van der Waals surface area contributed by atoms with Crippen LogP contribution in [0.3, 0.4) is 0 Å². The molecule has 0 aliphatic carbocycles. The van der Waals surface area contributed by atoms with Crippen LogP contribution in [-0.4, -0.2) is 49.7 Å². The van der Waals surface area contributed by atoms with Crippen LogP contribution in [0.4, 0.5) is 0 Å². The minimum absolute atomic E-state index is 0. The van der Waals surface area contributed by atoms with Gasteiger partial charge in [-0.25, -0.2) is 16.8 Å². The van der Waals surface area contributed by atoms with Crippen LogP contribution in [0.5, 0.6) is 0 Å². The van der Waals surface area contributed by atoms with Gasteiger partial charge in [-0.15, -0.1) is 0 Å². The van der Waals surface area contributed by atoms with Crippen molar-refractivity contribution in [3.8, 4) is 0 Å². The Bertz CT molecular complexity index is 281. The van der Waals surface area contributed by atoms with Gasteiger partial charge in [0.05, 0.1) is 0 Å². The molecule has 2 N–H and O–H groups in total. The van der Waals surface area contributed by atoms with E-state index in [2.05, 4.69) is 8.37 Å². The molecule has 0 rings (SSSR count). The van der Waals surface area contributed by atoms with Crippen molar-refractivity contribution in [1.29, 1.82) is 0 Å². The largest absolute Gasteiger partial charge is 2.00 e. The van der Waals surface area contributed by atoms with E-state index in [1.807, 2.05) is 0 Å². The normalized spacial score (nSPS) is 10.9. The molecule has 15 heavy (non-hydrogen) atoms. The van der Waals surface area contributed by atoms with Gasteiger partial charge < -0.3 is 19.3 Å². The third-order valence-electron chi connectivity index (χ3n) is 0.394. The second-order valence-electron chi connectivity index (χ2n) is 1.31. The smallest absolute Gasteiger partial charge is 0.725 e. The van der Waals surface area contributed by atoms with Crippen LogP contribution in [-0.2, 0) is 46.2 Å². The first-order chi connectivity index (χ1) is 6.12. The predicted molar refractivity (Wildman–Crippen MR) is 35.7 cm³/mol. The predicted octanol–water partition coefficient (Wildman–Crippen LogP) is -3.18. The molecule has 13 heteroatoms. The Balaban J connectivity index is -0.000000180. The van der Waals surface area contributed by atoms with Crippen LogP contribution in [0.25, 0.3) is 0 Å². The molecule has 0 aliphatic heterocycles. The summed E-state index contributed by atoms with van der Waals surface area (Å²) in [6.45, 7) is -2.18. The quantitative estimate of drug-likeness (QED) is 0.233. The Hall–Kier alpha value is 0.179. The Labute approximate surface area is 96.2 Å². The SMILES string of the molecule is O=S(=O)([O-])OCO.O=S(=O)([O-])OCO.[Cu+2]. The monoisotopic (exact) mass is 317 g/mol. The van der Waals surface area contributed by atoms with Crippen molar-refractivity contribution in [1.82, 2.24) is 0 Å². The fraction of sp³-hybridized carbons (Fsp3) is 1.00. The van der Waals surface area contributed by atoms with Crippen molar-refractivity contribution in [2.45, 2.75) is 0 Å². The molecule has 0 saturated carbocycles. The van der Waals surface area contributed by atoms with E-state index in [1.165, 1.54) is 0 Å². The molecule has 0 unspecified atom stereocenters. The molecule has 0 heterocycles. The van der Waals surface area contributed by atoms with Gasteiger partial charge in [0.25, 0.3) is 0 Å². The Morgan fingerprint density at radius 2 is 1.07 bits per heavy atom. The molecule has 0 aromatic rings. The van der Waals surface area contributed by atoms with E-state index in [0.717, 1.165) is 0 Å². The number of hydrogen-bond acceptors (Lipinski definition) is 10. The molecular weight excluding hydrogens is 312 g/mol. The molecule has 10 nitrogen and oxygen atoms in total. The van der Waals surface area contributed by atoms with Gasteiger partial charge >= 0.3 is 17.1 Å². The zero-order chi connectivity index (χ0) is 11.8. The minimum Gasteiger partial charge on any atom is -0.725 e. The van der Waals surface area contributed by atoms with Crippen molar-refractivity contribution >= 4 is 20.8 Å². The van der Waals surface area contributed by atoms with E-state index < -0.39 is 34.4 Å². The van der Waals surface area contributed by atoms with E-state index in [0.29, 0.717) is 0 Å². The first kappa shape index (κ1) is 20.6. The maximum absolute atomic E-state index is 9.29. The van der Waals surface area contributed by atoms with Gasteiger partial charge in [0, 0.05) is 0 Å². The summed E-state index contributed by atoms with van der Waals surface area (Å²) in [4.78, 5) is 0. The average Bonchev–Trinajstić information content (AvgIpc) is 1.81. The van der Waals surface area contributed by atoms with E-state index in [1.54, 1.807) is 0 Å². The van der Waals surface area contributed by atoms with Crippen LogP contribution in [0.2, 0.25) is 0 Å². The van der Waals surface area contributed by atoms with Crippen LogP contribution >= 0.6 is 0 Å². The number of aliphatic hydroxyl groups is 2. The molecule has 0 bridgehead atoms. The van der Waals surface area contributed by atoms with Crippen molar-refractivity contribution in [2.75, 3.05) is 13.6 Å². The molecular formula is C2H6CuO10S2. The van der Waals surface area contributed by atoms with Crippen LogP contribution in [0.15, 0.2) is 0 Å². The summed E-state index contributed by atoms with van der Waals surface area (Å²) in [5, 5.41) is 15.2. The topological polar surface area (TPSA) is 173 Å². The van der Waals surface area contributed by atoms with Crippen molar-refractivity contribution in [2.24, 2.45) is 0 Å². The van der Waals surface area contributed by atoms with E-state index in [-0.39, 0.29) is 17.1 Å². The van der Waals surface area contributed by atoms with Crippen molar-refractivity contribution in [3.63, 3.8) is 0 Å². The zero-order valence-electron chi connectivity index (χ0n) is 6.69. The maximum Gasteiger partial charge on any atom is 2.00 e. The summed E-state index contributed by atoms with van der Waals surface area (Å²) < 4.78 is 62.2. The van der Waals surface area contributed by atoms with Crippen LogP contribution in [0.1, 0.15) is 0 Å². The van der Waals surface area contributed by atoms with Gasteiger partial charge in [-0.1, -0.05) is 0 Å². The summed E-state index contributed by atoms with van der Waals surface area (Å²) >= 11 is 0. The van der Waals surface area contributed by atoms with E-state index >= 15 is 0 Å². The van der Waals surface area contributed by atoms with Gasteiger partial charge in [0.1, 0.15) is 0 Å². The zero-order valence-corrected chi connectivity index (χ0v) is 9.27. The fourth-order valence-electron chi connectivity index (χ4n) is 0.129. The summed E-state index contributed by atoms with van der Waals surface area (Å²) in [6, 6.07) is 0. The maximum atomic E-state index is 9.29. The van der Waals surface area contributed by atoms with Crippen molar-refractivity contribution in [3.05, 3.63) is 0 Å². The number of hydrogen-bond donors (Lipinski definition) is 2. The van der Waals surface area contributed by atoms with Gasteiger partial charge in [0.15, 0.2) is 13.6 Å². The first-order valence-electron chi connectivity index (χ1n) is 2.54. The van der Waals surface area contributed by atoms with Crippen LogP contribution < -0.4 is 0 Å². The molecule has 0 aromatic carbocycles. The second-order valence-corrected chi connectivity index (χ2v) is 3.41. The van der Waals surface area contributed by atoms with Gasteiger partial charge in [-0.3, -0.25) is 8.37 Å². The standard InChI is InChI=1S/2CH4O5S.Cu/c2*2-1-6-7(3,4)5;/h2*2H,1H2,(H,3,4,5);/q;;+2/p-2. The molecule has 97 valence electrons. The molecule has 0 spiro atoms. The van der Waals surface area contributed by atoms with Gasteiger partial charge in [0.2, 0.25) is 20.8 Å². The summed E-state index contributed by atoms with van der Waals surface area (Å²) in [7, 11) is -9.35. The minimum atomic E-state index is -4.67. The van der Waals surface area contributed by atoms with Gasteiger partial charge in [-0.2, -0.15) is 0 Å². The third-order valence-corrected chi connectivity index (χ3v) is 1.18. The number of aliphatic hydroxyl groups excluding tert-OH is 2. The summed E-state index contributed by atoms with van der Waals surface area (Å²) in [5.74, 6) is 0. The average molecular weight is 318 g/mol. The number of rotatable bonds is 4. The molecule has 0 atom stereocenters. The Kier molecular flexibility index (Phi) is 12.9. The first-order valence-corrected chi connectivity index (χ1v) is 5.21.